The van der Waals surface area contributed by atoms with Gasteiger partial charge in [0, 0.05) is 6.07 Å². The number of hydrogen-bond acceptors (Lipinski definition) is 3. The number of imide groups is 2. The van der Waals surface area contributed by atoms with Gasteiger partial charge in [-0.2, -0.15) is 0 Å². The molecular formula is C13H9BrF2N2O3. The Hall–Kier alpha value is -1.83. The first-order chi connectivity index (χ1) is 9.86. The first-order valence-electron chi connectivity index (χ1n) is 6.21. The van der Waals surface area contributed by atoms with Crippen LogP contribution in [0.15, 0.2) is 16.6 Å². The highest BCUT2D eigenvalue weighted by Gasteiger charge is 2.58. The van der Waals surface area contributed by atoms with Gasteiger partial charge < -0.3 is 0 Å². The van der Waals surface area contributed by atoms with Gasteiger partial charge in [0.05, 0.1) is 10.2 Å². The molecule has 1 N–H and O–H groups in total. The number of carbonyl (C=O) groups is 3. The van der Waals surface area contributed by atoms with Crippen LogP contribution in [0, 0.1) is 17.0 Å². The SMILES string of the molecule is O=C1NC(=O)C2(CCC2)C(=O)N1c1cc(F)c(Br)cc1F. The normalized spacial score (nSPS) is 20.5. The number of barbiturate groups is 1. The molecule has 0 atom stereocenters. The number of amides is 4. The standard InChI is InChI=1S/C13H9BrF2N2O3/c14-6-4-8(16)9(5-7(6)15)18-11(20)13(2-1-3-13)10(19)17-12(18)21/h4-5H,1-3H2,(H,17,19,21). The molecule has 0 radical (unpaired) electrons. The third-order valence-electron chi connectivity index (χ3n) is 3.91. The monoisotopic (exact) mass is 358 g/mol. The lowest BCUT2D eigenvalue weighted by Crippen LogP contribution is -2.66. The van der Waals surface area contributed by atoms with Gasteiger partial charge in [-0.25, -0.2) is 18.5 Å². The molecule has 0 aromatic heterocycles. The van der Waals surface area contributed by atoms with E-state index in [9.17, 15) is 23.2 Å². The van der Waals surface area contributed by atoms with Crippen molar-refractivity contribution in [3.63, 3.8) is 0 Å². The lowest BCUT2D eigenvalue weighted by Gasteiger charge is -2.44. The Labute approximate surface area is 126 Å². The number of carbonyl (C=O) groups excluding carboxylic acids is 3. The molecule has 2 aliphatic rings. The minimum absolute atomic E-state index is 0.122. The van der Waals surface area contributed by atoms with Crippen molar-refractivity contribution in [3.05, 3.63) is 28.2 Å². The maximum absolute atomic E-state index is 14.0. The van der Waals surface area contributed by atoms with Crippen LogP contribution < -0.4 is 10.2 Å². The van der Waals surface area contributed by atoms with Crippen LogP contribution in [-0.4, -0.2) is 17.8 Å². The molecule has 1 saturated heterocycles. The Morgan fingerprint density at radius 3 is 2.38 bits per heavy atom. The summed E-state index contributed by atoms with van der Waals surface area (Å²) in [6, 6.07) is 0.511. The molecule has 1 aliphatic carbocycles. The van der Waals surface area contributed by atoms with Gasteiger partial charge >= 0.3 is 6.03 Å². The third kappa shape index (κ3) is 1.89. The van der Waals surface area contributed by atoms with Crippen LogP contribution in [0.3, 0.4) is 0 Å². The molecule has 1 aliphatic heterocycles. The molecule has 8 heteroatoms. The van der Waals surface area contributed by atoms with Crippen molar-refractivity contribution in [1.29, 1.82) is 0 Å². The topological polar surface area (TPSA) is 66.5 Å². The second kappa shape index (κ2) is 4.59. The van der Waals surface area contributed by atoms with E-state index in [0.717, 1.165) is 12.1 Å². The van der Waals surface area contributed by atoms with Crippen molar-refractivity contribution in [2.24, 2.45) is 5.41 Å². The molecule has 21 heavy (non-hydrogen) atoms. The Balaban J connectivity index is 2.09. The maximum Gasteiger partial charge on any atom is 0.335 e. The zero-order chi connectivity index (χ0) is 15.4. The predicted octanol–water partition coefficient (Wildman–Crippen LogP) is 2.48. The van der Waals surface area contributed by atoms with Gasteiger partial charge in [-0.05, 0) is 34.8 Å². The highest BCUT2D eigenvalue weighted by molar-refractivity contribution is 9.10. The fourth-order valence-corrected chi connectivity index (χ4v) is 2.86. The van der Waals surface area contributed by atoms with Crippen molar-refractivity contribution >= 4 is 39.5 Å². The first kappa shape index (κ1) is 14.1. The second-order valence-corrected chi connectivity index (χ2v) is 5.91. The summed E-state index contributed by atoms with van der Waals surface area (Å²) in [5.41, 5.74) is -1.83. The summed E-state index contributed by atoms with van der Waals surface area (Å²) >= 11 is 2.82. The second-order valence-electron chi connectivity index (χ2n) is 5.05. The predicted molar refractivity (Wildman–Crippen MR) is 71.4 cm³/mol. The van der Waals surface area contributed by atoms with Gasteiger partial charge in [-0.1, -0.05) is 6.42 Å². The van der Waals surface area contributed by atoms with Crippen LogP contribution in [0.1, 0.15) is 19.3 Å². The van der Waals surface area contributed by atoms with E-state index >= 15 is 0 Å². The summed E-state index contributed by atoms with van der Waals surface area (Å²) in [6.07, 6.45) is 1.25. The molecular weight excluding hydrogens is 350 g/mol. The highest BCUT2D eigenvalue weighted by atomic mass is 79.9. The first-order valence-corrected chi connectivity index (χ1v) is 7.00. The fraction of sp³-hybridized carbons (Fsp3) is 0.308. The van der Waals surface area contributed by atoms with Crippen LogP contribution in [-0.2, 0) is 9.59 Å². The number of nitrogens with zero attached hydrogens (tertiary/aromatic N) is 1. The highest BCUT2D eigenvalue weighted by Crippen LogP contribution is 2.45. The van der Waals surface area contributed by atoms with Crippen LogP contribution in [0.25, 0.3) is 0 Å². The minimum Gasteiger partial charge on any atom is -0.276 e. The van der Waals surface area contributed by atoms with Gasteiger partial charge in [0.1, 0.15) is 17.0 Å². The summed E-state index contributed by atoms with van der Waals surface area (Å²) in [5, 5.41) is 2.04. The van der Waals surface area contributed by atoms with Crippen LogP contribution >= 0.6 is 15.9 Å². The molecule has 2 fully saturated rings. The summed E-state index contributed by atoms with van der Waals surface area (Å²) < 4.78 is 27.4. The van der Waals surface area contributed by atoms with E-state index < -0.39 is 40.6 Å². The van der Waals surface area contributed by atoms with E-state index in [1.807, 2.05) is 5.32 Å². The number of benzene rings is 1. The summed E-state index contributed by atoms with van der Waals surface area (Å²) in [7, 11) is 0. The molecule has 110 valence electrons. The molecule has 1 heterocycles. The fourth-order valence-electron chi connectivity index (χ4n) is 2.55. The van der Waals surface area contributed by atoms with Crippen molar-refractivity contribution in [2.75, 3.05) is 4.90 Å². The smallest absolute Gasteiger partial charge is 0.276 e. The molecule has 1 aromatic carbocycles. The number of urea groups is 1. The summed E-state index contributed by atoms with van der Waals surface area (Å²) in [5.74, 6) is -3.22. The Kier molecular flexibility index (Phi) is 3.09. The largest absolute Gasteiger partial charge is 0.335 e. The number of hydrogen-bond donors (Lipinski definition) is 1. The molecule has 5 nitrogen and oxygen atoms in total. The van der Waals surface area contributed by atoms with Crippen molar-refractivity contribution in [1.82, 2.24) is 5.32 Å². The zero-order valence-electron chi connectivity index (χ0n) is 10.6. The van der Waals surface area contributed by atoms with Crippen LogP contribution in [0.2, 0.25) is 0 Å². The minimum atomic E-state index is -1.33. The number of anilines is 1. The molecule has 1 aromatic rings. The van der Waals surface area contributed by atoms with E-state index in [-0.39, 0.29) is 4.47 Å². The van der Waals surface area contributed by atoms with E-state index in [1.165, 1.54) is 0 Å². The quantitative estimate of drug-likeness (QED) is 0.619. The Morgan fingerprint density at radius 1 is 1.14 bits per heavy atom. The number of nitrogens with one attached hydrogen (secondary N) is 1. The number of halogens is 3. The average molecular weight is 359 g/mol. The molecule has 0 unspecified atom stereocenters. The van der Waals surface area contributed by atoms with Gasteiger partial charge in [0.2, 0.25) is 5.91 Å². The Morgan fingerprint density at radius 2 is 1.81 bits per heavy atom. The molecule has 4 amide bonds. The van der Waals surface area contributed by atoms with Crippen molar-refractivity contribution in [2.45, 2.75) is 19.3 Å². The van der Waals surface area contributed by atoms with E-state index in [1.54, 1.807) is 0 Å². The van der Waals surface area contributed by atoms with Gasteiger partial charge in [-0.3, -0.25) is 14.9 Å². The van der Waals surface area contributed by atoms with Crippen LogP contribution in [0.5, 0.6) is 0 Å². The van der Waals surface area contributed by atoms with Crippen LogP contribution in [0.4, 0.5) is 19.3 Å². The van der Waals surface area contributed by atoms with Crippen molar-refractivity contribution in [3.8, 4) is 0 Å². The van der Waals surface area contributed by atoms with E-state index in [2.05, 4.69) is 15.9 Å². The summed E-state index contributed by atoms with van der Waals surface area (Å²) in [6.45, 7) is 0. The van der Waals surface area contributed by atoms with Gasteiger partial charge in [-0.15, -0.1) is 0 Å². The van der Waals surface area contributed by atoms with Gasteiger partial charge in [0.25, 0.3) is 5.91 Å². The lowest BCUT2D eigenvalue weighted by atomic mass is 9.66. The van der Waals surface area contributed by atoms with Crippen molar-refractivity contribution < 1.29 is 23.2 Å². The maximum atomic E-state index is 14.0. The van der Waals surface area contributed by atoms with E-state index in [0.29, 0.717) is 24.2 Å². The number of rotatable bonds is 1. The average Bonchev–Trinajstić information content (AvgIpc) is 2.33. The van der Waals surface area contributed by atoms with E-state index in [4.69, 9.17) is 0 Å². The lowest BCUT2D eigenvalue weighted by molar-refractivity contribution is -0.148. The molecule has 0 bridgehead atoms. The zero-order valence-corrected chi connectivity index (χ0v) is 12.2. The molecule has 3 rings (SSSR count). The summed E-state index contributed by atoms with van der Waals surface area (Å²) in [4.78, 5) is 36.7. The Bertz CT molecular complexity index is 688. The van der Waals surface area contributed by atoms with Gasteiger partial charge in [0.15, 0.2) is 0 Å². The molecule has 1 spiro atoms. The molecule has 1 saturated carbocycles. The third-order valence-corrected chi connectivity index (χ3v) is 4.52.